The predicted molar refractivity (Wildman–Crippen MR) is 160 cm³/mol. The molecule has 1 saturated heterocycles. The molecule has 2 aliphatic rings. The van der Waals surface area contributed by atoms with Crippen molar-refractivity contribution in [2.75, 3.05) is 44.1 Å². The molecule has 44 heavy (non-hydrogen) atoms. The van der Waals surface area contributed by atoms with Gasteiger partial charge in [-0.15, -0.1) is 0 Å². The van der Waals surface area contributed by atoms with Gasteiger partial charge in [-0.25, -0.2) is 18.1 Å². The maximum atomic E-state index is 14.0. The van der Waals surface area contributed by atoms with Crippen LogP contribution in [0.1, 0.15) is 45.9 Å². The largest absolute Gasteiger partial charge is 0.495 e. The molecular formula is C29H34F3N7O4S. The number of ether oxygens (including phenoxy) is 1. The Balaban J connectivity index is 1.38. The van der Waals surface area contributed by atoms with E-state index in [9.17, 15) is 26.4 Å². The van der Waals surface area contributed by atoms with Gasteiger partial charge in [-0.3, -0.25) is 4.79 Å². The SMILES string of the molecule is COc1cc(C(=O)NC2CCN(C)CC2)ccc1Nc1ncc(C(F)(F)F)c(N[C@@H]2Cc3ccccc3[C@H]2NS(C)(=O)=O)n1. The van der Waals surface area contributed by atoms with Gasteiger partial charge in [-0.05, 0) is 68.7 Å². The summed E-state index contributed by atoms with van der Waals surface area (Å²) in [7, 11) is -0.247. The lowest BCUT2D eigenvalue weighted by atomic mass is 10.0. The Bertz CT molecular complexity index is 1630. The van der Waals surface area contributed by atoms with Gasteiger partial charge in [-0.1, -0.05) is 24.3 Å². The molecule has 4 N–H and O–H groups in total. The number of likely N-dealkylation sites (tertiary alicyclic amines) is 1. The van der Waals surface area contributed by atoms with Crippen LogP contribution in [0, 0.1) is 0 Å². The summed E-state index contributed by atoms with van der Waals surface area (Å²) in [4.78, 5) is 23.1. The van der Waals surface area contributed by atoms with Gasteiger partial charge in [0.05, 0.1) is 31.1 Å². The number of alkyl halides is 3. The van der Waals surface area contributed by atoms with E-state index in [2.05, 4.69) is 35.5 Å². The number of anilines is 3. The first-order chi connectivity index (χ1) is 20.8. The number of sulfonamides is 1. The Kier molecular flexibility index (Phi) is 9.00. The highest BCUT2D eigenvalue weighted by atomic mass is 32.2. The number of amides is 1. The molecule has 0 bridgehead atoms. The number of benzene rings is 2. The van der Waals surface area contributed by atoms with Crippen LogP contribution in [0.4, 0.5) is 30.6 Å². The molecule has 0 saturated carbocycles. The highest BCUT2D eigenvalue weighted by Crippen LogP contribution is 2.38. The fourth-order valence-electron chi connectivity index (χ4n) is 5.52. The number of halogens is 3. The van der Waals surface area contributed by atoms with Gasteiger partial charge >= 0.3 is 6.18 Å². The van der Waals surface area contributed by atoms with Crippen molar-refractivity contribution in [3.05, 3.63) is 70.9 Å². The van der Waals surface area contributed by atoms with E-state index >= 15 is 0 Å². The Morgan fingerprint density at radius 1 is 1.11 bits per heavy atom. The summed E-state index contributed by atoms with van der Waals surface area (Å²) in [6, 6.07) is 10.2. The normalized spacial score (nSPS) is 19.3. The number of methoxy groups -OCH3 is 1. The van der Waals surface area contributed by atoms with Crippen LogP contribution >= 0.6 is 0 Å². The minimum atomic E-state index is -4.79. The van der Waals surface area contributed by atoms with Gasteiger partial charge in [0.2, 0.25) is 16.0 Å². The van der Waals surface area contributed by atoms with Crippen molar-refractivity contribution in [2.45, 2.75) is 43.6 Å². The number of nitrogens with one attached hydrogen (secondary N) is 4. The molecule has 1 amide bonds. The van der Waals surface area contributed by atoms with E-state index in [0.29, 0.717) is 23.0 Å². The number of aromatic nitrogens is 2. The highest BCUT2D eigenvalue weighted by molar-refractivity contribution is 7.88. The number of nitrogens with zero attached hydrogens (tertiary/aromatic N) is 3. The molecule has 0 radical (unpaired) electrons. The molecule has 0 unspecified atom stereocenters. The van der Waals surface area contributed by atoms with E-state index in [1.807, 2.05) is 7.05 Å². The second kappa shape index (κ2) is 12.6. The molecule has 1 aromatic heterocycles. The van der Waals surface area contributed by atoms with Crippen molar-refractivity contribution in [1.82, 2.24) is 24.9 Å². The summed E-state index contributed by atoms with van der Waals surface area (Å²) in [5.74, 6) is -0.661. The first-order valence-corrected chi connectivity index (χ1v) is 15.9. The van der Waals surface area contributed by atoms with Crippen molar-refractivity contribution < 1.29 is 31.1 Å². The standard InChI is InChI=1S/C29H34F3N7O4S/c1-39-12-10-19(11-13-39)34-27(40)18-8-9-22(24(15-18)43-2)36-28-33-16-21(29(30,31)32)26(37-28)35-23-14-17-6-4-5-7-20(17)25(23)38-44(3,41)42/h4-9,15-16,19,23,25,38H,10-14H2,1-3H3,(H,34,40)(H2,33,35,36,37)/t23-,25-/m1/s1. The van der Waals surface area contributed by atoms with Gasteiger partial charge in [0, 0.05) is 17.8 Å². The van der Waals surface area contributed by atoms with Gasteiger partial charge in [0.1, 0.15) is 17.1 Å². The number of carbonyl (C=O) groups is 1. The average molecular weight is 634 g/mol. The second-order valence-electron chi connectivity index (χ2n) is 11.1. The average Bonchev–Trinajstić information content (AvgIpc) is 3.29. The molecular weight excluding hydrogens is 599 g/mol. The zero-order valence-corrected chi connectivity index (χ0v) is 25.2. The van der Waals surface area contributed by atoms with Gasteiger partial charge < -0.3 is 25.6 Å². The maximum Gasteiger partial charge on any atom is 0.421 e. The Morgan fingerprint density at radius 2 is 1.84 bits per heavy atom. The Labute approximate surface area is 253 Å². The van der Waals surface area contributed by atoms with Crippen LogP contribution < -0.4 is 25.4 Å². The molecule has 5 rings (SSSR count). The lowest BCUT2D eigenvalue weighted by molar-refractivity contribution is -0.137. The third kappa shape index (κ3) is 7.39. The lowest BCUT2D eigenvalue weighted by Crippen LogP contribution is -2.43. The lowest BCUT2D eigenvalue weighted by Gasteiger charge is -2.29. The number of carbonyl (C=O) groups excluding carboxylic acids is 1. The maximum absolute atomic E-state index is 14.0. The van der Waals surface area contributed by atoms with E-state index in [0.717, 1.165) is 37.8 Å². The zero-order valence-electron chi connectivity index (χ0n) is 24.4. The number of rotatable bonds is 9. The summed E-state index contributed by atoms with van der Waals surface area (Å²) in [5, 5.41) is 8.75. The second-order valence-corrected chi connectivity index (χ2v) is 12.8. The molecule has 1 aliphatic carbocycles. The smallest absolute Gasteiger partial charge is 0.421 e. The van der Waals surface area contributed by atoms with Gasteiger partial charge in [0.25, 0.3) is 5.91 Å². The third-order valence-electron chi connectivity index (χ3n) is 7.75. The third-order valence-corrected chi connectivity index (χ3v) is 8.44. The minimum absolute atomic E-state index is 0.0638. The summed E-state index contributed by atoms with van der Waals surface area (Å²) < 4.78 is 74.3. The van der Waals surface area contributed by atoms with Crippen LogP contribution in [0.2, 0.25) is 0 Å². The van der Waals surface area contributed by atoms with Crippen molar-refractivity contribution in [3.63, 3.8) is 0 Å². The van der Waals surface area contributed by atoms with Crippen molar-refractivity contribution in [2.24, 2.45) is 0 Å². The minimum Gasteiger partial charge on any atom is -0.495 e. The van der Waals surface area contributed by atoms with Gasteiger partial charge in [0.15, 0.2) is 0 Å². The fraction of sp³-hybridized carbons (Fsp3) is 0.414. The van der Waals surface area contributed by atoms with Crippen molar-refractivity contribution in [1.29, 1.82) is 0 Å². The number of fused-ring (bicyclic) bond motifs is 1. The van der Waals surface area contributed by atoms with E-state index in [-0.39, 0.29) is 30.1 Å². The Morgan fingerprint density at radius 3 is 2.52 bits per heavy atom. The number of hydrogen-bond donors (Lipinski definition) is 4. The number of piperidine rings is 1. The first-order valence-electron chi connectivity index (χ1n) is 14.0. The fourth-order valence-corrected chi connectivity index (χ4v) is 6.27. The summed E-state index contributed by atoms with van der Waals surface area (Å²) in [5.41, 5.74) is 1.06. The summed E-state index contributed by atoms with van der Waals surface area (Å²) in [6.07, 6.45) is -1.17. The van der Waals surface area contributed by atoms with E-state index < -0.39 is 39.7 Å². The molecule has 2 atom stereocenters. The molecule has 2 aromatic carbocycles. The van der Waals surface area contributed by atoms with E-state index in [1.54, 1.807) is 36.4 Å². The molecule has 11 nitrogen and oxygen atoms in total. The Hall–Kier alpha value is -3.95. The monoisotopic (exact) mass is 633 g/mol. The topological polar surface area (TPSA) is 138 Å². The highest BCUT2D eigenvalue weighted by Gasteiger charge is 2.39. The van der Waals surface area contributed by atoms with Crippen LogP contribution in [0.15, 0.2) is 48.7 Å². The van der Waals surface area contributed by atoms with Gasteiger partial charge in [-0.2, -0.15) is 18.2 Å². The molecule has 2 heterocycles. The van der Waals surface area contributed by atoms with Crippen LogP contribution in [0.25, 0.3) is 0 Å². The summed E-state index contributed by atoms with van der Waals surface area (Å²) in [6.45, 7) is 1.79. The quantitative estimate of drug-likeness (QED) is 0.278. The first kappa shape index (κ1) is 31.5. The van der Waals surface area contributed by atoms with Crippen LogP contribution in [0.3, 0.4) is 0 Å². The van der Waals surface area contributed by atoms with E-state index in [4.69, 9.17) is 4.74 Å². The van der Waals surface area contributed by atoms with E-state index in [1.165, 1.54) is 13.2 Å². The zero-order chi connectivity index (χ0) is 31.6. The van der Waals surface area contributed by atoms with Crippen molar-refractivity contribution in [3.8, 4) is 5.75 Å². The molecule has 15 heteroatoms. The summed E-state index contributed by atoms with van der Waals surface area (Å²) >= 11 is 0. The molecule has 1 aliphatic heterocycles. The molecule has 0 spiro atoms. The predicted octanol–water partition coefficient (Wildman–Crippen LogP) is 3.70. The van der Waals surface area contributed by atoms with Crippen LogP contribution in [-0.4, -0.2) is 74.8 Å². The molecule has 1 fully saturated rings. The molecule has 3 aromatic rings. The van der Waals surface area contributed by atoms with Crippen molar-refractivity contribution >= 4 is 33.4 Å². The molecule has 236 valence electrons. The van der Waals surface area contributed by atoms with Crippen LogP contribution in [-0.2, 0) is 22.6 Å². The number of hydrogen-bond acceptors (Lipinski definition) is 9. The van der Waals surface area contributed by atoms with Crippen LogP contribution in [0.5, 0.6) is 5.75 Å².